The number of hydrogen-bond donors (Lipinski definition) is 1. The van der Waals surface area contributed by atoms with E-state index in [4.69, 9.17) is 4.42 Å². The van der Waals surface area contributed by atoms with Gasteiger partial charge >= 0.3 is 5.97 Å². The monoisotopic (exact) mass is 335 g/mol. The minimum absolute atomic E-state index is 0.112. The Labute approximate surface area is 137 Å². The van der Waals surface area contributed by atoms with Crippen LogP contribution in [0.5, 0.6) is 0 Å². The van der Waals surface area contributed by atoms with E-state index in [1.165, 1.54) is 25.4 Å². The lowest BCUT2D eigenvalue weighted by molar-refractivity contribution is -0.114. The van der Waals surface area contributed by atoms with Gasteiger partial charge in [-0.15, -0.1) is 11.3 Å². The largest absolute Gasteiger partial charge is 0.463 e. The zero-order valence-corrected chi connectivity index (χ0v) is 13.7. The second-order valence-corrected chi connectivity index (χ2v) is 6.37. The molecule has 1 aliphatic heterocycles. The van der Waals surface area contributed by atoms with Gasteiger partial charge in [0, 0.05) is 31.3 Å². The van der Waals surface area contributed by atoms with Gasteiger partial charge in [-0.1, -0.05) is 0 Å². The molecule has 0 unspecified atom stereocenters. The van der Waals surface area contributed by atoms with Gasteiger partial charge in [0.25, 0.3) is 0 Å². The maximum Gasteiger partial charge on any atom is 0.373 e. The predicted molar refractivity (Wildman–Crippen MR) is 84.3 cm³/mol. The molecule has 0 radical (unpaired) electrons. The molecule has 0 bridgehead atoms. The van der Waals surface area contributed by atoms with E-state index in [0.29, 0.717) is 11.7 Å². The number of anilines is 1. The number of aromatic nitrogens is 1. The molecule has 1 N–H and O–H groups in total. The van der Waals surface area contributed by atoms with E-state index in [2.05, 4.69) is 19.9 Å². The highest BCUT2D eigenvalue weighted by Gasteiger charge is 2.22. The van der Waals surface area contributed by atoms with Crippen LogP contribution in [0.4, 0.5) is 5.13 Å². The lowest BCUT2D eigenvalue weighted by Gasteiger charge is -2.24. The molecule has 1 aliphatic rings. The first kappa shape index (κ1) is 15.7. The fourth-order valence-corrected chi connectivity index (χ4v) is 3.58. The van der Waals surface area contributed by atoms with Crippen LogP contribution in [0.1, 0.15) is 33.8 Å². The average Bonchev–Trinajstić information content (AvgIpc) is 3.11. The summed E-state index contributed by atoms with van der Waals surface area (Å²) in [6.07, 6.45) is 0.829. The summed E-state index contributed by atoms with van der Waals surface area (Å²) in [5.41, 5.74) is 1.05. The highest BCUT2D eigenvalue weighted by molar-refractivity contribution is 7.15. The van der Waals surface area contributed by atoms with Crippen molar-refractivity contribution in [3.63, 3.8) is 0 Å². The highest BCUT2D eigenvalue weighted by atomic mass is 32.1. The summed E-state index contributed by atoms with van der Waals surface area (Å²) in [6.45, 7) is 3.69. The van der Waals surface area contributed by atoms with Crippen LogP contribution in [-0.2, 0) is 29.0 Å². The number of ether oxygens (including phenoxy) is 1. The van der Waals surface area contributed by atoms with Gasteiger partial charge in [-0.2, -0.15) is 0 Å². The number of furan rings is 1. The van der Waals surface area contributed by atoms with Crippen molar-refractivity contribution in [1.29, 1.82) is 0 Å². The first-order valence-corrected chi connectivity index (χ1v) is 8.02. The number of nitrogens with one attached hydrogen (secondary N) is 1. The number of fused-ring (bicyclic) bond motifs is 1. The number of carbonyl (C=O) groups is 2. The molecule has 1 amide bonds. The molecule has 23 heavy (non-hydrogen) atoms. The number of hydrogen-bond acceptors (Lipinski definition) is 7. The van der Waals surface area contributed by atoms with Crippen molar-refractivity contribution in [3.8, 4) is 0 Å². The minimum atomic E-state index is -0.473. The summed E-state index contributed by atoms with van der Waals surface area (Å²) in [5, 5.41) is 3.38. The van der Waals surface area contributed by atoms with Gasteiger partial charge in [0.15, 0.2) is 5.13 Å². The van der Waals surface area contributed by atoms with E-state index in [1.807, 2.05) is 0 Å². The van der Waals surface area contributed by atoms with Crippen molar-refractivity contribution in [2.45, 2.75) is 26.4 Å². The van der Waals surface area contributed by atoms with Crippen LogP contribution in [0.2, 0.25) is 0 Å². The molecule has 0 aliphatic carbocycles. The van der Waals surface area contributed by atoms with E-state index >= 15 is 0 Å². The second kappa shape index (κ2) is 6.51. The van der Waals surface area contributed by atoms with Crippen molar-refractivity contribution in [1.82, 2.24) is 9.88 Å². The maximum absolute atomic E-state index is 11.4. The number of rotatable bonds is 4. The molecule has 2 aromatic heterocycles. The predicted octanol–water partition coefficient (Wildman–Crippen LogP) is 2.04. The minimum Gasteiger partial charge on any atom is -0.463 e. The first-order chi connectivity index (χ1) is 11.0. The summed E-state index contributed by atoms with van der Waals surface area (Å²) < 4.78 is 10.1. The van der Waals surface area contributed by atoms with Crippen LogP contribution in [0.3, 0.4) is 0 Å². The Kier molecular flexibility index (Phi) is 4.44. The highest BCUT2D eigenvalue weighted by Crippen LogP contribution is 2.29. The molecule has 3 rings (SSSR count). The SMILES string of the molecule is COC(=O)c1ccc(CN2CCc3nc(NC(C)=O)sc3C2)o1. The number of carbonyl (C=O) groups excluding carboxylic acids is 2. The topological polar surface area (TPSA) is 84.7 Å². The van der Waals surface area contributed by atoms with E-state index in [1.54, 1.807) is 12.1 Å². The number of methoxy groups -OCH3 is 1. The van der Waals surface area contributed by atoms with E-state index in [0.717, 1.165) is 35.8 Å². The smallest absolute Gasteiger partial charge is 0.373 e. The lowest BCUT2D eigenvalue weighted by atomic mass is 10.2. The third-order valence-electron chi connectivity index (χ3n) is 3.52. The quantitative estimate of drug-likeness (QED) is 0.861. The Morgan fingerprint density at radius 3 is 3.04 bits per heavy atom. The molecule has 7 nitrogen and oxygen atoms in total. The standard InChI is InChI=1S/C15H17N3O4S/c1-9(19)16-15-17-11-5-6-18(8-13(11)23-15)7-10-3-4-12(22-10)14(20)21-2/h3-4H,5-8H2,1-2H3,(H,16,17,19). The van der Waals surface area contributed by atoms with Crippen LogP contribution in [0.15, 0.2) is 16.5 Å². The molecule has 0 aromatic carbocycles. The normalized spacial score (nSPS) is 14.3. The summed E-state index contributed by atoms with van der Waals surface area (Å²) >= 11 is 1.50. The van der Waals surface area contributed by atoms with Gasteiger partial charge in [-0.3, -0.25) is 9.69 Å². The van der Waals surface area contributed by atoms with Crippen molar-refractivity contribution >= 4 is 28.3 Å². The fourth-order valence-electron chi connectivity index (χ4n) is 2.48. The fraction of sp³-hybridized carbons (Fsp3) is 0.400. The molecule has 122 valence electrons. The van der Waals surface area contributed by atoms with Crippen LogP contribution < -0.4 is 5.32 Å². The third kappa shape index (κ3) is 3.59. The number of amides is 1. The summed E-state index contributed by atoms with van der Waals surface area (Å²) in [4.78, 5) is 30.3. The van der Waals surface area contributed by atoms with Gasteiger partial charge in [0.2, 0.25) is 11.7 Å². The molecule has 0 saturated carbocycles. The molecular weight excluding hydrogens is 318 g/mol. The second-order valence-electron chi connectivity index (χ2n) is 5.29. The summed E-state index contributed by atoms with van der Waals surface area (Å²) in [7, 11) is 1.33. The van der Waals surface area contributed by atoms with Crippen molar-refractivity contribution in [2.75, 3.05) is 19.0 Å². The van der Waals surface area contributed by atoms with Crippen LogP contribution in [0, 0.1) is 0 Å². The van der Waals surface area contributed by atoms with E-state index in [-0.39, 0.29) is 11.7 Å². The van der Waals surface area contributed by atoms with Gasteiger partial charge in [-0.05, 0) is 12.1 Å². The summed E-state index contributed by atoms with van der Waals surface area (Å²) in [6, 6.07) is 3.41. The Morgan fingerprint density at radius 1 is 1.48 bits per heavy atom. The molecule has 0 fully saturated rings. The Bertz CT molecular complexity index is 737. The van der Waals surface area contributed by atoms with E-state index < -0.39 is 5.97 Å². The van der Waals surface area contributed by atoms with Gasteiger partial charge in [0.1, 0.15) is 5.76 Å². The number of nitrogens with zero attached hydrogens (tertiary/aromatic N) is 2. The van der Waals surface area contributed by atoms with Crippen LogP contribution in [-0.4, -0.2) is 35.4 Å². The van der Waals surface area contributed by atoms with Crippen LogP contribution >= 0.6 is 11.3 Å². The van der Waals surface area contributed by atoms with Crippen molar-refractivity contribution < 1.29 is 18.7 Å². The Hall–Kier alpha value is -2.19. The van der Waals surface area contributed by atoms with Gasteiger partial charge in [-0.25, -0.2) is 9.78 Å². The lowest BCUT2D eigenvalue weighted by Crippen LogP contribution is -2.29. The molecule has 2 aromatic rings. The van der Waals surface area contributed by atoms with E-state index in [9.17, 15) is 9.59 Å². The van der Waals surface area contributed by atoms with Gasteiger partial charge < -0.3 is 14.5 Å². The molecule has 0 atom stereocenters. The summed E-state index contributed by atoms with van der Waals surface area (Å²) in [5.74, 6) is 0.352. The Balaban J connectivity index is 1.65. The Morgan fingerprint density at radius 2 is 2.30 bits per heavy atom. The molecule has 8 heteroatoms. The molecular formula is C15H17N3O4S. The van der Waals surface area contributed by atoms with Gasteiger partial charge in [0.05, 0.1) is 19.3 Å². The third-order valence-corrected chi connectivity index (χ3v) is 4.52. The zero-order valence-electron chi connectivity index (χ0n) is 12.9. The average molecular weight is 335 g/mol. The van der Waals surface area contributed by atoms with Crippen LogP contribution in [0.25, 0.3) is 0 Å². The molecule has 3 heterocycles. The molecule has 0 saturated heterocycles. The first-order valence-electron chi connectivity index (χ1n) is 7.20. The number of esters is 1. The maximum atomic E-state index is 11.4. The zero-order chi connectivity index (χ0) is 16.4. The molecule has 0 spiro atoms. The van der Waals surface area contributed by atoms with Crippen molar-refractivity contribution in [2.24, 2.45) is 0 Å². The van der Waals surface area contributed by atoms with Crippen molar-refractivity contribution in [3.05, 3.63) is 34.2 Å². The number of thiazole rings is 1.